The van der Waals surface area contributed by atoms with Gasteiger partial charge in [-0.3, -0.25) is 24.5 Å². The van der Waals surface area contributed by atoms with Crippen molar-refractivity contribution in [3.63, 3.8) is 0 Å². The average molecular weight is 476 g/mol. The van der Waals surface area contributed by atoms with E-state index in [0.717, 1.165) is 0 Å². The molecule has 9 nitrogen and oxygen atoms in total. The molecule has 0 saturated heterocycles. The zero-order valence-corrected chi connectivity index (χ0v) is 17.2. The molecule has 0 atom stereocenters. The highest BCUT2D eigenvalue weighted by molar-refractivity contribution is 9.10. The number of rotatable bonds is 9. The van der Waals surface area contributed by atoms with Crippen LogP contribution >= 0.6 is 15.9 Å². The van der Waals surface area contributed by atoms with E-state index in [-0.39, 0.29) is 30.8 Å². The number of hydrogen-bond donors (Lipinski definition) is 3. The van der Waals surface area contributed by atoms with Crippen LogP contribution in [0.25, 0.3) is 6.08 Å². The molecule has 2 amide bonds. The van der Waals surface area contributed by atoms with E-state index in [1.54, 1.807) is 30.3 Å². The first-order chi connectivity index (χ1) is 14.3. The van der Waals surface area contributed by atoms with Crippen LogP contribution in [0.3, 0.4) is 0 Å². The van der Waals surface area contributed by atoms with Crippen LogP contribution in [0.4, 0.5) is 5.69 Å². The zero-order chi connectivity index (χ0) is 22.1. The third-order valence-corrected chi connectivity index (χ3v) is 4.32. The van der Waals surface area contributed by atoms with E-state index >= 15 is 0 Å². The molecule has 0 radical (unpaired) electrons. The van der Waals surface area contributed by atoms with Gasteiger partial charge in [-0.15, -0.1) is 0 Å². The van der Waals surface area contributed by atoms with Crippen molar-refractivity contribution in [3.05, 3.63) is 79.9 Å². The Hall–Kier alpha value is -3.53. The van der Waals surface area contributed by atoms with Crippen LogP contribution in [0, 0.1) is 10.1 Å². The number of carbonyl (C=O) groups excluding carboxylic acids is 2. The Kier molecular flexibility index (Phi) is 8.24. The second-order valence-corrected chi connectivity index (χ2v) is 7.04. The van der Waals surface area contributed by atoms with Crippen LogP contribution in [-0.2, 0) is 9.59 Å². The molecular formula is C20H18BrN3O6. The molecule has 0 saturated carbocycles. The first-order valence-corrected chi connectivity index (χ1v) is 9.58. The maximum atomic E-state index is 12.6. The first kappa shape index (κ1) is 22.8. The van der Waals surface area contributed by atoms with Crippen LogP contribution in [0.15, 0.2) is 58.7 Å². The lowest BCUT2D eigenvalue weighted by Gasteiger charge is -2.11. The van der Waals surface area contributed by atoms with Gasteiger partial charge in [0.05, 0.1) is 4.92 Å². The number of nitrogens with one attached hydrogen (secondary N) is 2. The third-order valence-electron chi connectivity index (χ3n) is 3.82. The molecule has 0 aliphatic heterocycles. The van der Waals surface area contributed by atoms with Crippen molar-refractivity contribution in [1.82, 2.24) is 10.6 Å². The normalized spacial score (nSPS) is 10.9. The van der Waals surface area contributed by atoms with Crippen LogP contribution in [-0.4, -0.2) is 34.4 Å². The van der Waals surface area contributed by atoms with Crippen LogP contribution < -0.4 is 10.6 Å². The number of aliphatic carboxylic acids is 1. The lowest BCUT2D eigenvalue weighted by atomic mass is 10.1. The van der Waals surface area contributed by atoms with Crippen molar-refractivity contribution in [2.45, 2.75) is 12.8 Å². The summed E-state index contributed by atoms with van der Waals surface area (Å²) in [6, 6.07) is 12.1. The fourth-order valence-corrected chi connectivity index (χ4v) is 2.81. The van der Waals surface area contributed by atoms with Gasteiger partial charge in [0, 0.05) is 35.1 Å². The lowest BCUT2D eigenvalue weighted by molar-refractivity contribution is -0.384. The van der Waals surface area contributed by atoms with Gasteiger partial charge in [-0.1, -0.05) is 34.1 Å². The van der Waals surface area contributed by atoms with E-state index < -0.39 is 22.7 Å². The molecule has 2 aromatic rings. The monoisotopic (exact) mass is 475 g/mol. The number of nitro benzene ring substituents is 1. The summed E-state index contributed by atoms with van der Waals surface area (Å²) in [6.45, 7) is 0.0875. The summed E-state index contributed by atoms with van der Waals surface area (Å²) < 4.78 is 0.678. The highest BCUT2D eigenvalue weighted by Gasteiger charge is 2.15. The van der Waals surface area contributed by atoms with Crippen molar-refractivity contribution in [2.24, 2.45) is 0 Å². The number of nitrogens with zero attached hydrogens (tertiary/aromatic N) is 1. The van der Waals surface area contributed by atoms with Gasteiger partial charge >= 0.3 is 5.97 Å². The lowest BCUT2D eigenvalue weighted by Crippen LogP contribution is -2.35. The van der Waals surface area contributed by atoms with Crippen LogP contribution in [0.2, 0.25) is 0 Å². The van der Waals surface area contributed by atoms with Gasteiger partial charge < -0.3 is 15.7 Å². The molecule has 0 unspecified atom stereocenters. The van der Waals surface area contributed by atoms with Crippen molar-refractivity contribution in [2.75, 3.05) is 6.54 Å². The predicted octanol–water partition coefficient (Wildman–Crippen LogP) is 3.11. The fraction of sp³-hybridized carbons (Fsp3) is 0.150. The van der Waals surface area contributed by atoms with Crippen LogP contribution in [0.1, 0.15) is 28.8 Å². The van der Waals surface area contributed by atoms with Gasteiger partial charge in [0.1, 0.15) is 5.70 Å². The average Bonchev–Trinajstić information content (AvgIpc) is 2.70. The molecular weight excluding hydrogens is 458 g/mol. The highest BCUT2D eigenvalue weighted by atomic mass is 79.9. The molecule has 0 aliphatic rings. The van der Waals surface area contributed by atoms with E-state index in [9.17, 15) is 24.5 Å². The van der Waals surface area contributed by atoms with Gasteiger partial charge in [-0.25, -0.2) is 0 Å². The smallest absolute Gasteiger partial charge is 0.303 e. The fourth-order valence-electron chi connectivity index (χ4n) is 2.41. The largest absolute Gasteiger partial charge is 0.481 e. The van der Waals surface area contributed by atoms with Crippen LogP contribution in [0.5, 0.6) is 0 Å². The predicted molar refractivity (Wildman–Crippen MR) is 113 cm³/mol. The Balaban J connectivity index is 2.26. The number of non-ortho nitro benzene ring substituents is 1. The summed E-state index contributed by atoms with van der Waals surface area (Å²) in [4.78, 5) is 46.1. The number of hydrogen-bond acceptors (Lipinski definition) is 5. The van der Waals surface area contributed by atoms with E-state index in [4.69, 9.17) is 5.11 Å². The number of amides is 2. The molecule has 10 heteroatoms. The number of carbonyl (C=O) groups is 3. The molecule has 0 aliphatic carbocycles. The summed E-state index contributed by atoms with van der Waals surface area (Å²) >= 11 is 3.27. The van der Waals surface area contributed by atoms with Crippen molar-refractivity contribution >= 4 is 45.5 Å². The molecule has 30 heavy (non-hydrogen) atoms. The summed E-state index contributed by atoms with van der Waals surface area (Å²) in [7, 11) is 0. The minimum Gasteiger partial charge on any atom is -0.481 e. The number of carboxylic acid groups (broad SMARTS) is 1. The second kappa shape index (κ2) is 10.9. The SMILES string of the molecule is O=C(O)CCCNC(=O)/C(=C/c1cccc([N+](=O)[O-])c1)NC(=O)c1cccc(Br)c1. The Labute approximate surface area is 180 Å². The molecule has 2 aromatic carbocycles. The van der Waals surface area contributed by atoms with Crippen molar-refractivity contribution < 1.29 is 24.4 Å². The number of benzene rings is 2. The quantitative estimate of drug-likeness (QED) is 0.220. The maximum absolute atomic E-state index is 12.6. The third kappa shape index (κ3) is 7.13. The van der Waals surface area contributed by atoms with Gasteiger partial charge in [-0.05, 0) is 36.3 Å². The van der Waals surface area contributed by atoms with Crippen molar-refractivity contribution in [1.29, 1.82) is 0 Å². The van der Waals surface area contributed by atoms with E-state index in [0.29, 0.717) is 15.6 Å². The summed E-state index contributed by atoms with van der Waals surface area (Å²) in [6.07, 6.45) is 1.41. The molecule has 156 valence electrons. The molecule has 0 spiro atoms. The number of nitro groups is 1. The molecule has 0 aromatic heterocycles. The Morgan fingerprint density at radius 3 is 2.53 bits per heavy atom. The molecule has 0 bridgehead atoms. The van der Waals surface area contributed by atoms with Gasteiger partial charge in [0.25, 0.3) is 17.5 Å². The zero-order valence-electron chi connectivity index (χ0n) is 15.6. The van der Waals surface area contributed by atoms with Gasteiger partial charge in [-0.2, -0.15) is 0 Å². The van der Waals surface area contributed by atoms with E-state index in [1.165, 1.54) is 24.3 Å². The maximum Gasteiger partial charge on any atom is 0.303 e. The minimum absolute atomic E-state index is 0.0875. The summed E-state index contributed by atoms with van der Waals surface area (Å²) in [5, 5.41) is 24.7. The topological polar surface area (TPSA) is 139 Å². The van der Waals surface area contributed by atoms with E-state index in [1.807, 2.05) is 0 Å². The van der Waals surface area contributed by atoms with E-state index in [2.05, 4.69) is 26.6 Å². The summed E-state index contributed by atoms with van der Waals surface area (Å²) in [5.41, 5.74) is 0.349. The molecule has 0 fully saturated rings. The highest BCUT2D eigenvalue weighted by Crippen LogP contribution is 2.16. The molecule has 3 N–H and O–H groups in total. The Morgan fingerprint density at radius 1 is 1.13 bits per heavy atom. The standard InChI is InChI=1S/C20H18BrN3O6/c21-15-6-2-5-14(12-15)19(27)23-17(20(28)22-9-3-8-18(25)26)11-13-4-1-7-16(10-13)24(29)30/h1-2,4-7,10-12H,3,8-9H2,(H,22,28)(H,23,27)(H,25,26)/b17-11-. The first-order valence-electron chi connectivity index (χ1n) is 8.79. The van der Waals surface area contributed by atoms with Crippen molar-refractivity contribution in [3.8, 4) is 0 Å². The number of carboxylic acids is 1. The molecule has 2 rings (SSSR count). The summed E-state index contributed by atoms with van der Waals surface area (Å²) in [5.74, 6) is -2.18. The Bertz CT molecular complexity index is 1010. The van der Waals surface area contributed by atoms with Gasteiger partial charge in [0.2, 0.25) is 0 Å². The minimum atomic E-state index is -0.987. The molecule has 0 heterocycles. The van der Waals surface area contributed by atoms with Gasteiger partial charge in [0.15, 0.2) is 0 Å². The number of halogens is 1. The Morgan fingerprint density at radius 2 is 1.87 bits per heavy atom. The second-order valence-electron chi connectivity index (χ2n) is 6.13.